The molecule has 0 heterocycles. The summed E-state index contributed by atoms with van der Waals surface area (Å²) in [4.78, 5) is 0. The number of aryl methyl sites for hydroxylation is 1. The number of rotatable bonds is 16. The highest BCUT2D eigenvalue weighted by molar-refractivity contribution is 5.36. The smallest absolute Gasteiger partial charge is 0.119 e. The Morgan fingerprint density at radius 3 is 1.54 bits per heavy atom. The van der Waals surface area contributed by atoms with Crippen LogP contribution in [0, 0.1) is 0 Å². The zero-order valence-electron chi connectivity index (χ0n) is 16.8. The van der Waals surface area contributed by atoms with Crippen LogP contribution < -0.4 is 0 Å². The standard InChI is InChI=1S/C23H40O3/c1-2-21(24)16-14-12-10-8-6-4-3-5-7-9-11-13-15-20-17-22(25)19-23(26)18-20/h17-19,21,24-26H,2-16H2,1H3. The van der Waals surface area contributed by atoms with Crippen LogP contribution in [-0.2, 0) is 6.42 Å². The van der Waals surface area contributed by atoms with Gasteiger partial charge in [-0.25, -0.2) is 0 Å². The van der Waals surface area contributed by atoms with Crippen LogP contribution in [0.2, 0.25) is 0 Å². The molecular formula is C23H40O3. The molecule has 0 bridgehead atoms. The summed E-state index contributed by atoms with van der Waals surface area (Å²) in [5.74, 6) is 0.303. The van der Waals surface area contributed by atoms with Crippen molar-refractivity contribution < 1.29 is 15.3 Å². The van der Waals surface area contributed by atoms with Crippen molar-refractivity contribution >= 4 is 0 Å². The van der Waals surface area contributed by atoms with Crippen LogP contribution in [-0.4, -0.2) is 21.4 Å². The lowest BCUT2D eigenvalue weighted by molar-refractivity contribution is 0.156. The van der Waals surface area contributed by atoms with Crippen molar-refractivity contribution in [1.82, 2.24) is 0 Å². The number of hydrogen-bond acceptors (Lipinski definition) is 3. The third-order valence-electron chi connectivity index (χ3n) is 5.19. The molecule has 1 unspecified atom stereocenters. The second kappa shape index (κ2) is 14.9. The van der Waals surface area contributed by atoms with E-state index in [1.807, 2.05) is 6.92 Å². The maximum absolute atomic E-state index is 9.49. The number of unbranched alkanes of at least 4 members (excludes halogenated alkanes) is 11. The minimum Gasteiger partial charge on any atom is -0.508 e. The summed E-state index contributed by atoms with van der Waals surface area (Å²) >= 11 is 0. The molecule has 26 heavy (non-hydrogen) atoms. The molecule has 3 N–H and O–H groups in total. The molecule has 0 amide bonds. The molecule has 3 heteroatoms. The third kappa shape index (κ3) is 12.2. The molecule has 1 aromatic carbocycles. The fourth-order valence-corrected chi connectivity index (χ4v) is 3.48. The van der Waals surface area contributed by atoms with Gasteiger partial charge in [-0.3, -0.25) is 0 Å². The Morgan fingerprint density at radius 1 is 0.654 bits per heavy atom. The monoisotopic (exact) mass is 364 g/mol. The molecular weight excluding hydrogens is 324 g/mol. The molecule has 1 rings (SSSR count). The highest BCUT2D eigenvalue weighted by atomic mass is 16.3. The minimum atomic E-state index is -0.0815. The van der Waals surface area contributed by atoms with Gasteiger partial charge < -0.3 is 15.3 Å². The molecule has 0 aliphatic rings. The number of aliphatic hydroxyl groups excluding tert-OH is 1. The van der Waals surface area contributed by atoms with E-state index < -0.39 is 0 Å². The largest absolute Gasteiger partial charge is 0.508 e. The van der Waals surface area contributed by atoms with E-state index in [9.17, 15) is 15.3 Å². The predicted octanol–water partition coefficient (Wildman–Crippen LogP) is 6.48. The highest BCUT2D eigenvalue weighted by Gasteiger charge is 2.01. The Balaban J connectivity index is 1.82. The normalized spacial score (nSPS) is 12.4. The van der Waals surface area contributed by atoms with Crippen molar-refractivity contribution in [2.75, 3.05) is 0 Å². The van der Waals surface area contributed by atoms with Gasteiger partial charge >= 0.3 is 0 Å². The van der Waals surface area contributed by atoms with Gasteiger partial charge in [-0.15, -0.1) is 0 Å². The molecule has 1 aromatic rings. The van der Waals surface area contributed by atoms with Gasteiger partial charge in [-0.05, 0) is 43.4 Å². The fourth-order valence-electron chi connectivity index (χ4n) is 3.48. The summed E-state index contributed by atoms with van der Waals surface area (Å²) < 4.78 is 0. The first-order valence-electron chi connectivity index (χ1n) is 10.8. The lowest BCUT2D eigenvalue weighted by atomic mass is 10.0. The quantitative estimate of drug-likeness (QED) is 0.294. The number of phenols is 2. The van der Waals surface area contributed by atoms with Gasteiger partial charge in [-0.1, -0.05) is 77.6 Å². The van der Waals surface area contributed by atoms with Gasteiger partial charge in [0, 0.05) is 6.07 Å². The van der Waals surface area contributed by atoms with Crippen LogP contribution in [0.25, 0.3) is 0 Å². The Hall–Kier alpha value is -1.22. The molecule has 3 nitrogen and oxygen atoms in total. The van der Waals surface area contributed by atoms with Gasteiger partial charge in [0.15, 0.2) is 0 Å². The van der Waals surface area contributed by atoms with E-state index in [2.05, 4.69) is 0 Å². The first-order valence-corrected chi connectivity index (χ1v) is 10.8. The van der Waals surface area contributed by atoms with E-state index in [0.717, 1.165) is 31.2 Å². The zero-order valence-corrected chi connectivity index (χ0v) is 16.8. The summed E-state index contributed by atoms with van der Waals surface area (Å²) in [6.07, 6.45) is 18.2. The summed E-state index contributed by atoms with van der Waals surface area (Å²) in [7, 11) is 0. The molecule has 0 spiro atoms. The highest BCUT2D eigenvalue weighted by Crippen LogP contribution is 2.22. The number of phenolic OH excluding ortho intramolecular Hbond substituents is 2. The maximum atomic E-state index is 9.49. The summed E-state index contributed by atoms with van der Waals surface area (Å²) in [6.45, 7) is 2.05. The number of benzene rings is 1. The number of aliphatic hydroxyl groups is 1. The summed E-state index contributed by atoms with van der Waals surface area (Å²) in [5.41, 5.74) is 1.02. The molecule has 150 valence electrons. The van der Waals surface area contributed by atoms with E-state index in [1.54, 1.807) is 12.1 Å². The van der Waals surface area contributed by atoms with Crippen molar-refractivity contribution in [2.45, 2.75) is 109 Å². The second-order valence-electron chi connectivity index (χ2n) is 7.70. The van der Waals surface area contributed by atoms with Gasteiger partial charge in [0.05, 0.1) is 6.10 Å². The third-order valence-corrected chi connectivity index (χ3v) is 5.19. The van der Waals surface area contributed by atoms with Crippen molar-refractivity contribution in [3.8, 4) is 11.5 Å². The summed E-state index contributed by atoms with van der Waals surface area (Å²) in [5, 5.41) is 28.4. The van der Waals surface area contributed by atoms with Crippen LogP contribution in [0.5, 0.6) is 11.5 Å². The molecule has 0 aliphatic heterocycles. The molecule has 0 saturated heterocycles. The Morgan fingerprint density at radius 2 is 1.08 bits per heavy atom. The first-order chi connectivity index (χ1) is 12.6. The lowest BCUT2D eigenvalue weighted by Crippen LogP contribution is -2.03. The van der Waals surface area contributed by atoms with E-state index in [4.69, 9.17) is 0 Å². The van der Waals surface area contributed by atoms with Crippen molar-refractivity contribution in [3.63, 3.8) is 0 Å². The van der Waals surface area contributed by atoms with Crippen LogP contribution >= 0.6 is 0 Å². The van der Waals surface area contributed by atoms with Gasteiger partial charge in [0.1, 0.15) is 11.5 Å². The Bertz CT molecular complexity index is 439. The average Bonchev–Trinajstić information content (AvgIpc) is 2.60. The molecule has 0 fully saturated rings. The Kier molecular flexibility index (Phi) is 13.1. The van der Waals surface area contributed by atoms with E-state index in [-0.39, 0.29) is 17.6 Å². The molecule has 0 saturated carbocycles. The Labute approximate surface area is 160 Å². The minimum absolute atomic E-state index is 0.0815. The fraction of sp³-hybridized carbons (Fsp3) is 0.739. The van der Waals surface area contributed by atoms with Crippen LogP contribution in [0.3, 0.4) is 0 Å². The second-order valence-corrected chi connectivity index (χ2v) is 7.70. The van der Waals surface area contributed by atoms with Gasteiger partial charge in [0.25, 0.3) is 0 Å². The van der Waals surface area contributed by atoms with Crippen LogP contribution in [0.15, 0.2) is 18.2 Å². The van der Waals surface area contributed by atoms with E-state index >= 15 is 0 Å². The maximum Gasteiger partial charge on any atom is 0.119 e. The first kappa shape index (κ1) is 22.8. The van der Waals surface area contributed by atoms with E-state index in [0.29, 0.717) is 0 Å². The molecule has 0 radical (unpaired) electrons. The molecule has 0 aromatic heterocycles. The molecule has 1 atom stereocenters. The SMILES string of the molecule is CCC(O)CCCCCCCCCCCCCCc1cc(O)cc(O)c1. The van der Waals surface area contributed by atoms with Crippen LogP contribution in [0.4, 0.5) is 0 Å². The molecule has 0 aliphatic carbocycles. The number of aromatic hydroxyl groups is 2. The van der Waals surface area contributed by atoms with Crippen molar-refractivity contribution in [1.29, 1.82) is 0 Å². The predicted molar refractivity (Wildman–Crippen MR) is 110 cm³/mol. The number of hydrogen-bond donors (Lipinski definition) is 3. The van der Waals surface area contributed by atoms with Crippen LogP contribution in [0.1, 0.15) is 102 Å². The van der Waals surface area contributed by atoms with E-state index in [1.165, 1.54) is 76.7 Å². The van der Waals surface area contributed by atoms with Crippen molar-refractivity contribution in [3.05, 3.63) is 23.8 Å². The zero-order chi connectivity index (χ0) is 19.0. The van der Waals surface area contributed by atoms with Gasteiger partial charge in [0.2, 0.25) is 0 Å². The average molecular weight is 365 g/mol. The topological polar surface area (TPSA) is 60.7 Å². The summed E-state index contributed by atoms with van der Waals surface area (Å²) in [6, 6.07) is 4.86. The lowest BCUT2D eigenvalue weighted by Gasteiger charge is -2.07. The van der Waals surface area contributed by atoms with Gasteiger partial charge in [-0.2, -0.15) is 0 Å². The van der Waals surface area contributed by atoms with Crippen molar-refractivity contribution in [2.24, 2.45) is 0 Å².